The summed E-state index contributed by atoms with van der Waals surface area (Å²) in [6, 6.07) is -0.132. The highest BCUT2D eigenvalue weighted by atomic mass is 16.2. The smallest absolute Gasteiger partial charge is 0.239 e. The first-order valence-corrected chi connectivity index (χ1v) is 5.42. The van der Waals surface area contributed by atoms with Crippen molar-refractivity contribution in [2.75, 3.05) is 26.7 Å². The van der Waals surface area contributed by atoms with Crippen molar-refractivity contribution in [3.8, 4) is 0 Å². The van der Waals surface area contributed by atoms with Gasteiger partial charge in [0.15, 0.2) is 0 Å². The first-order valence-electron chi connectivity index (χ1n) is 5.42. The Morgan fingerprint density at radius 1 is 1.47 bits per heavy atom. The van der Waals surface area contributed by atoms with E-state index in [0.29, 0.717) is 6.54 Å². The number of nitrogens with zero attached hydrogens (tertiary/aromatic N) is 2. The molecule has 0 aromatic heterocycles. The highest BCUT2D eigenvalue weighted by molar-refractivity contribution is 5.84. The quantitative estimate of drug-likeness (QED) is 0.679. The zero-order valence-corrected chi connectivity index (χ0v) is 9.99. The van der Waals surface area contributed by atoms with Gasteiger partial charge in [-0.05, 0) is 12.8 Å². The standard InChI is InChI=1S/C11H20N2O2/c1-8(2)10-11(15)12(4)5-6-13(10)7-9(3)14/h8,10H,5-7H2,1-4H3. The number of piperazine rings is 1. The molecule has 1 rings (SSSR count). The van der Waals surface area contributed by atoms with Crippen LogP contribution in [0.25, 0.3) is 0 Å². The van der Waals surface area contributed by atoms with E-state index in [9.17, 15) is 9.59 Å². The molecule has 1 unspecified atom stereocenters. The average molecular weight is 212 g/mol. The molecule has 1 aliphatic heterocycles. The summed E-state index contributed by atoms with van der Waals surface area (Å²) in [6.07, 6.45) is 0. The lowest BCUT2D eigenvalue weighted by Crippen LogP contribution is -2.58. The van der Waals surface area contributed by atoms with Crippen LogP contribution in [0.1, 0.15) is 20.8 Å². The van der Waals surface area contributed by atoms with Crippen molar-refractivity contribution in [3.63, 3.8) is 0 Å². The van der Waals surface area contributed by atoms with Crippen molar-refractivity contribution in [1.29, 1.82) is 0 Å². The number of hydrogen-bond acceptors (Lipinski definition) is 3. The molecular formula is C11H20N2O2. The Morgan fingerprint density at radius 3 is 2.53 bits per heavy atom. The molecule has 1 atom stereocenters. The Balaban J connectivity index is 2.77. The molecule has 15 heavy (non-hydrogen) atoms. The lowest BCUT2D eigenvalue weighted by Gasteiger charge is -2.40. The van der Waals surface area contributed by atoms with E-state index in [4.69, 9.17) is 0 Å². The maximum Gasteiger partial charge on any atom is 0.239 e. The maximum absolute atomic E-state index is 11.9. The van der Waals surface area contributed by atoms with Crippen molar-refractivity contribution >= 4 is 11.7 Å². The maximum atomic E-state index is 11.9. The summed E-state index contributed by atoms with van der Waals surface area (Å²) in [7, 11) is 1.82. The predicted octanol–water partition coefficient (Wildman–Crippen LogP) is 0.374. The van der Waals surface area contributed by atoms with Crippen LogP contribution < -0.4 is 0 Å². The number of ketones is 1. The molecule has 0 aliphatic carbocycles. The van der Waals surface area contributed by atoms with E-state index in [0.717, 1.165) is 13.1 Å². The van der Waals surface area contributed by atoms with Gasteiger partial charge in [-0.15, -0.1) is 0 Å². The molecular weight excluding hydrogens is 192 g/mol. The molecule has 0 spiro atoms. The average Bonchev–Trinajstić information content (AvgIpc) is 2.10. The van der Waals surface area contributed by atoms with Gasteiger partial charge in [0.25, 0.3) is 0 Å². The summed E-state index contributed by atoms with van der Waals surface area (Å²) in [5, 5.41) is 0. The minimum absolute atomic E-state index is 0.123. The van der Waals surface area contributed by atoms with Gasteiger partial charge < -0.3 is 4.90 Å². The summed E-state index contributed by atoms with van der Waals surface area (Å²) in [4.78, 5) is 26.8. The van der Waals surface area contributed by atoms with E-state index in [1.807, 2.05) is 25.8 Å². The van der Waals surface area contributed by atoms with Crippen LogP contribution in [0.3, 0.4) is 0 Å². The predicted molar refractivity (Wildman–Crippen MR) is 58.5 cm³/mol. The van der Waals surface area contributed by atoms with Gasteiger partial charge in [-0.1, -0.05) is 13.8 Å². The van der Waals surface area contributed by atoms with Crippen LogP contribution in [0.2, 0.25) is 0 Å². The van der Waals surface area contributed by atoms with E-state index in [1.165, 1.54) is 0 Å². The molecule has 0 saturated carbocycles. The Bertz CT molecular complexity index is 263. The second kappa shape index (κ2) is 4.75. The summed E-state index contributed by atoms with van der Waals surface area (Å²) in [5.41, 5.74) is 0. The Morgan fingerprint density at radius 2 is 2.07 bits per heavy atom. The van der Waals surface area contributed by atoms with E-state index in [1.54, 1.807) is 11.8 Å². The fourth-order valence-corrected chi connectivity index (χ4v) is 2.08. The summed E-state index contributed by atoms with van der Waals surface area (Å²) < 4.78 is 0. The molecule has 1 aliphatic rings. The van der Waals surface area contributed by atoms with Gasteiger partial charge in [-0.3, -0.25) is 14.5 Å². The molecule has 86 valence electrons. The highest BCUT2D eigenvalue weighted by Crippen LogP contribution is 2.17. The lowest BCUT2D eigenvalue weighted by atomic mass is 9.98. The number of carbonyl (C=O) groups is 2. The monoisotopic (exact) mass is 212 g/mol. The zero-order chi connectivity index (χ0) is 11.6. The second-order valence-corrected chi connectivity index (χ2v) is 4.62. The van der Waals surface area contributed by atoms with Crippen molar-refractivity contribution in [3.05, 3.63) is 0 Å². The third-order valence-corrected chi connectivity index (χ3v) is 2.80. The fraction of sp³-hybridized carbons (Fsp3) is 0.818. The summed E-state index contributed by atoms with van der Waals surface area (Å²) >= 11 is 0. The molecule has 1 heterocycles. The topological polar surface area (TPSA) is 40.6 Å². The van der Waals surface area contributed by atoms with Gasteiger partial charge in [-0.25, -0.2) is 0 Å². The van der Waals surface area contributed by atoms with E-state index >= 15 is 0 Å². The molecule has 1 amide bonds. The Kier molecular flexibility index (Phi) is 3.85. The minimum Gasteiger partial charge on any atom is -0.343 e. The minimum atomic E-state index is -0.132. The van der Waals surface area contributed by atoms with Crippen LogP contribution in [-0.4, -0.2) is 54.2 Å². The number of likely N-dealkylation sites (N-methyl/N-ethyl adjacent to an activating group) is 1. The van der Waals surface area contributed by atoms with Crippen LogP contribution in [0.4, 0.5) is 0 Å². The first kappa shape index (κ1) is 12.2. The molecule has 0 aromatic rings. The largest absolute Gasteiger partial charge is 0.343 e. The molecule has 1 fully saturated rings. The fourth-order valence-electron chi connectivity index (χ4n) is 2.08. The Hall–Kier alpha value is -0.900. The van der Waals surface area contributed by atoms with Gasteiger partial charge >= 0.3 is 0 Å². The van der Waals surface area contributed by atoms with Crippen LogP contribution >= 0.6 is 0 Å². The van der Waals surface area contributed by atoms with Gasteiger partial charge in [0.05, 0.1) is 12.6 Å². The lowest BCUT2D eigenvalue weighted by molar-refractivity contribution is -0.143. The SMILES string of the molecule is CC(=O)CN1CCN(C)C(=O)C1C(C)C. The number of rotatable bonds is 3. The van der Waals surface area contributed by atoms with Crippen LogP contribution in [-0.2, 0) is 9.59 Å². The van der Waals surface area contributed by atoms with Crippen LogP contribution in [0.15, 0.2) is 0 Å². The first-order chi connectivity index (χ1) is 6.93. The third-order valence-electron chi connectivity index (χ3n) is 2.80. The highest BCUT2D eigenvalue weighted by Gasteiger charge is 2.35. The summed E-state index contributed by atoms with van der Waals surface area (Å²) in [5.74, 6) is 0.509. The normalized spacial score (nSPS) is 23.7. The van der Waals surface area contributed by atoms with Gasteiger partial charge in [0.1, 0.15) is 5.78 Å². The molecule has 0 aromatic carbocycles. The van der Waals surface area contributed by atoms with Gasteiger partial charge in [-0.2, -0.15) is 0 Å². The Labute approximate surface area is 91.2 Å². The molecule has 4 nitrogen and oxygen atoms in total. The summed E-state index contributed by atoms with van der Waals surface area (Å²) in [6.45, 7) is 7.52. The number of amides is 1. The molecule has 0 radical (unpaired) electrons. The molecule has 4 heteroatoms. The van der Waals surface area contributed by atoms with E-state index in [2.05, 4.69) is 0 Å². The molecule has 0 bridgehead atoms. The number of hydrogen-bond donors (Lipinski definition) is 0. The number of Topliss-reactive ketones (excluding diaryl/α,β-unsaturated/α-hetero) is 1. The third kappa shape index (κ3) is 2.78. The van der Waals surface area contributed by atoms with Crippen molar-refractivity contribution in [2.45, 2.75) is 26.8 Å². The molecule has 0 N–H and O–H groups in total. The van der Waals surface area contributed by atoms with Crippen molar-refractivity contribution < 1.29 is 9.59 Å². The van der Waals surface area contributed by atoms with Gasteiger partial charge in [0, 0.05) is 20.1 Å². The number of carbonyl (C=O) groups excluding carboxylic acids is 2. The molecule has 1 saturated heterocycles. The van der Waals surface area contributed by atoms with E-state index < -0.39 is 0 Å². The van der Waals surface area contributed by atoms with Gasteiger partial charge in [0.2, 0.25) is 5.91 Å². The van der Waals surface area contributed by atoms with Crippen molar-refractivity contribution in [1.82, 2.24) is 9.80 Å². The van der Waals surface area contributed by atoms with Crippen LogP contribution in [0, 0.1) is 5.92 Å². The second-order valence-electron chi connectivity index (χ2n) is 4.62. The zero-order valence-electron chi connectivity index (χ0n) is 9.99. The van der Waals surface area contributed by atoms with Crippen molar-refractivity contribution in [2.24, 2.45) is 5.92 Å². The van der Waals surface area contributed by atoms with E-state index in [-0.39, 0.29) is 23.7 Å². The van der Waals surface area contributed by atoms with Crippen LogP contribution in [0.5, 0.6) is 0 Å².